The van der Waals surface area contributed by atoms with E-state index >= 15 is 0 Å². The topological polar surface area (TPSA) is 12.5 Å². The lowest BCUT2D eigenvalue weighted by molar-refractivity contribution is 0.0222. The van der Waals surface area contributed by atoms with Gasteiger partial charge in [-0.15, -0.1) is 0 Å². The Kier molecular flexibility index (Phi) is 12.1. The molecule has 0 bridgehead atoms. The third kappa shape index (κ3) is 9.62. The van der Waals surface area contributed by atoms with Gasteiger partial charge < -0.3 is 9.64 Å². The fourth-order valence-electron chi connectivity index (χ4n) is 5.64. The van der Waals surface area contributed by atoms with E-state index in [0.29, 0.717) is 19.4 Å². The molecule has 4 aromatic rings. The van der Waals surface area contributed by atoms with E-state index in [0.717, 1.165) is 45.3 Å². The Balaban J connectivity index is 1.44. The molecule has 0 aliphatic heterocycles. The molecule has 0 N–H and O–H groups in total. The van der Waals surface area contributed by atoms with Crippen LogP contribution in [-0.2, 0) is 24.0 Å². The highest BCUT2D eigenvalue weighted by Gasteiger charge is 2.21. The Morgan fingerprint density at radius 1 is 0.610 bits per heavy atom. The molecule has 216 valence electrons. The van der Waals surface area contributed by atoms with Crippen molar-refractivity contribution < 1.29 is 13.5 Å². The van der Waals surface area contributed by atoms with Crippen molar-refractivity contribution in [3.63, 3.8) is 0 Å². The molecule has 1 unspecified atom stereocenters. The van der Waals surface area contributed by atoms with E-state index in [1.165, 1.54) is 46.0 Å². The lowest BCUT2D eigenvalue weighted by Crippen LogP contribution is -2.33. The third-order valence-corrected chi connectivity index (χ3v) is 7.81. The first-order valence-corrected chi connectivity index (χ1v) is 14.9. The molecule has 0 saturated heterocycles. The molecule has 0 fully saturated rings. The zero-order valence-electron chi connectivity index (χ0n) is 24.5. The lowest BCUT2D eigenvalue weighted by atomic mass is 9.97. The van der Waals surface area contributed by atoms with Gasteiger partial charge in [-0.3, -0.25) is 0 Å². The number of benzene rings is 4. The highest BCUT2D eigenvalue weighted by molar-refractivity contribution is 5.35. The van der Waals surface area contributed by atoms with E-state index in [2.05, 4.69) is 97.6 Å². The van der Waals surface area contributed by atoms with Crippen LogP contribution in [0.1, 0.15) is 58.7 Å². The average molecular weight is 556 g/mol. The van der Waals surface area contributed by atoms with E-state index in [1.54, 1.807) is 0 Å². The maximum atomic E-state index is 14.2. The van der Waals surface area contributed by atoms with E-state index in [1.807, 2.05) is 0 Å². The Morgan fingerprint density at radius 2 is 1.12 bits per heavy atom. The minimum atomic E-state index is -0.487. The maximum absolute atomic E-state index is 14.2. The Labute approximate surface area is 245 Å². The van der Waals surface area contributed by atoms with Crippen molar-refractivity contribution in [3.8, 4) is 0 Å². The summed E-state index contributed by atoms with van der Waals surface area (Å²) in [5, 5.41) is 0. The fraction of sp³-hybridized carbons (Fsp3) is 0.351. The minimum absolute atomic E-state index is 0.116. The zero-order valence-corrected chi connectivity index (χ0v) is 24.5. The van der Waals surface area contributed by atoms with E-state index in [-0.39, 0.29) is 11.7 Å². The van der Waals surface area contributed by atoms with Crippen LogP contribution in [0.5, 0.6) is 0 Å². The van der Waals surface area contributed by atoms with Crippen molar-refractivity contribution in [1.82, 2.24) is 4.90 Å². The van der Waals surface area contributed by atoms with Crippen LogP contribution in [0.25, 0.3) is 0 Å². The quantitative estimate of drug-likeness (QED) is 0.128. The molecule has 4 aromatic carbocycles. The molecule has 4 heteroatoms. The molecule has 0 aliphatic carbocycles. The van der Waals surface area contributed by atoms with Crippen molar-refractivity contribution in [1.29, 1.82) is 0 Å². The van der Waals surface area contributed by atoms with Gasteiger partial charge in [0.15, 0.2) is 0 Å². The van der Waals surface area contributed by atoms with Gasteiger partial charge in [-0.1, -0.05) is 84.9 Å². The monoisotopic (exact) mass is 555 g/mol. The van der Waals surface area contributed by atoms with Crippen molar-refractivity contribution in [2.75, 3.05) is 26.2 Å². The molecule has 1 atom stereocenters. The highest BCUT2D eigenvalue weighted by atomic mass is 19.1. The van der Waals surface area contributed by atoms with Gasteiger partial charge in [0.05, 0.1) is 6.10 Å². The molecule has 0 heterocycles. The van der Waals surface area contributed by atoms with Gasteiger partial charge in [0.25, 0.3) is 0 Å². The molecule has 0 aromatic heterocycles. The lowest BCUT2D eigenvalue weighted by Gasteiger charge is -2.30. The Hall–Kier alpha value is -3.34. The number of nitrogens with zero attached hydrogens (tertiary/aromatic N) is 1. The van der Waals surface area contributed by atoms with Crippen LogP contribution in [0.2, 0.25) is 0 Å². The summed E-state index contributed by atoms with van der Waals surface area (Å²) in [6, 6.07) is 31.7. The molecule has 0 radical (unpaired) electrons. The van der Waals surface area contributed by atoms with Gasteiger partial charge in [-0.25, -0.2) is 8.78 Å². The summed E-state index contributed by atoms with van der Waals surface area (Å²) in [7, 11) is 0. The van der Waals surface area contributed by atoms with Crippen LogP contribution in [-0.4, -0.2) is 31.1 Å². The average Bonchev–Trinajstić information content (AvgIpc) is 2.97. The van der Waals surface area contributed by atoms with E-state index < -0.39 is 11.6 Å². The number of rotatable bonds is 16. The van der Waals surface area contributed by atoms with Crippen molar-refractivity contribution >= 4 is 0 Å². The van der Waals surface area contributed by atoms with Crippen LogP contribution in [0.15, 0.2) is 97.1 Å². The largest absolute Gasteiger partial charge is 0.372 e. The van der Waals surface area contributed by atoms with Crippen molar-refractivity contribution in [2.45, 2.75) is 58.5 Å². The molecule has 0 saturated carbocycles. The summed E-state index contributed by atoms with van der Waals surface area (Å²) in [6.45, 7) is 7.46. The minimum Gasteiger partial charge on any atom is -0.372 e. The van der Waals surface area contributed by atoms with Crippen LogP contribution < -0.4 is 0 Å². The summed E-state index contributed by atoms with van der Waals surface area (Å²) in [4.78, 5) is 2.54. The standard InChI is InChI=1S/C37H43F2NO/c1-29-14-9-15-30(2)37(29)36(41-27-13-22-33-34(38)23-10-24-35(33)39)28-40(25-11-20-31-16-5-3-6-17-31)26-12-21-32-18-7-4-8-19-32/h3-10,14-19,23-24,36H,11-13,20-22,25-28H2,1-2H3. The predicted molar refractivity (Wildman–Crippen MR) is 165 cm³/mol. The molecule has 0 amide bonds. The maximum Gasteiger partial charge on any atom is 0.129 e. The summed E-state index contributed by atoms with van der Waals surface area (Å²) in [6.07, 6.45) is 4.98. The second-order valence-electron chi connectivity index (χ2n) is 10.9. The van der Waals surface area contributed by atoms with Gasteiger partial charge in [-0.05, 0) is 105 Å². The second-order valence-corrected chi connectivity index (χ2v) is 10.9. The van der Waals surface area contributed by atoms with E-state index in [4.69, 9.17) is 4.74 Å². The van der Waals surface area contributed by atoms with E-state index in [9.17, 15) is 8.78 Å². The predicted octanol–water partition coefficient (Wildman–Crippen LogP) is 8.84. The molecule has 0 spiro atoms. The number of halogens is 2. The smallest absolute Gasteiger partial charge is 0.129 e. The molecule has 0 aliphatic rings. The number of hydrogen-bond acceptors (Lipinski definition) is 2. The summed E-state index contributed by atoms with van der Waals surface area (Å²) >= 11 is 0. The molecular formula is C37H43F2NO. The van der Waals surface area contributed by atoms with Crippen molar-refractivity contribution in [3.05, 3.63) is 142 Å². The number of aryl methyl sites for hydroxylation is 4. The number of hydrogen-bond donors (Lipinski definition) is 0. The van der Waals surface area contributed by atoms with Gasteiger partial charge in [0.2, 0.25) is 0 Å². The fourth-order valence-corrected chi connectivity index (χ4v) is 5.64. The first kappa shape index (κ1) is 30.6. The Morgan fingerprint density at radius 3 is 1.66 bits per heavy atom. The van der Waals surface area contributed by atoms with Crippen LogP contribution in [0.3, 0.4) is 0 Å². The van der Waals surface area contributed by atoms with Gasteiger partial charge >= 0.3 is 0 Å². The van der Waals surface area contributed by atoms with Gasteiger partial charge in [0.1, 0.15) is 11.6 Å². The second kappa shape index (κ2) is 16.2. The first-order valence-electron chi connectivity index (χ1n) is 14.9. The van der Waals surface area contributed by atoms with Crippen LogP contribution in [0.4, 0.5) is 8.78 Å². The number of ether oxygens (including phenoxy) is 1. The van der Waals surface area contributed by atoms with Crippen LogP contribution >= 0.6 is 0 Å². The molecule has 41 heavy (non-hydrogen) atoms. The van der Waals surface area contributed by atoms with Gasteiger partial charge in [0, 0.05) is 18.7 Å². The Bertz CT molecular complexity index is 1240. The highest BCUT2D eigenvalue weighted by Crippen LogP contribution is 2.27. The molecule has 4 rings (SSSR count). The summed E-state index contributed by atoms with van der Waals surface area (Å²) < 4.78 is 34.9. The normalized spacial score (nSPS) is 12.1. The molecule has 2 nitrogen and oxygen atoms in total. The SMILES string of the molecule is Cc1cccc(C)c1C(CN(CCCc1ccccc1)CCCc1ccccc1)OCCCc1c(F)cccc1F. The van der Waals surface area contributed by atoms with Gasteiger partial charge in [-0.2, -0.15) is 0 Å². The molecular weight excluding hydrogens is 512 g/mol. The van der Waals surface area contributed by atoms with Crippen LogP contribution in [0, 0.1) is 25.5 Å². The first-order chi connectivity index (χ1) is 20.0. The zero-order chi connectivity index (χ0) is 28.9. The summed E-state index contributed by atoms with van der Waals surface area (Å²) in [5.74, 6) is -0.974. The summed E-state index contributed by atoms with van der Waals surface area (Å²) in [5.41, 5.74) is 6.51. The van der Waals surface area contributed by atoms with Crippen molar-refractivity contribution in [2.24, 2.45) is 0 Å². The third-order valence-electron chi connectivity index (χ3n) is 7.81.